The maximum atomic E-state index is 5.98. The van der Waals surface area contributed by atoms with Gasteiger partial charge in [0.05, 0.1) is 11.6 Å². The Bertz CT molecular complexity index is 458. The van der Waals surface area contributed by atoms with Crippen molar-refractivity contribution in [3.63, 3.8) is 0 Å². The molecule has 2 N–H and O–H groups in total. The highest BCUT2D eigenvalue weighted by Crippen LogP contribution is 2.43. The van der Waals surface area contributed by atoms with Gasteiger partial charge in [-0.25, -0.2) is 0 Å². The minimum atomic E-state index is 0.458. The van der Waals surface area contributed by atoms with Crippen molar-refractivity contribution >= 4 is 15.9 Å². The van der Waals surface area contributed by atoms with Crippen LogP contribution in [0.5, 0.6) is 5.75 Å². The molecular formula is C17H26BrNO. The summed E-state index contributed by atoms with van der Waals surface area (Å²) < 4.78 is 6.34. The van der Waals surface area contributed by atoms with Crippen molar-refractivity contribution < 1.29 is 4.74 Å². The molecule has 112 valence electrons. The van der Waals surface area contributed by atoms with Gasteiger partial charge in [0.2, 0.25) is 0 Å². The molecule has 0 bridgehead atoms. The first-order valence-electron chi connectivity index (χ1n) is 7.47. The van der Waals surface area contributed by atoms with Crippen LogP contribution >= 0.6 is 15.9 Å². The molecule has 3 heteroatoms. The highest BCUT2D eigenvalue weighted by Gasteiger charge is 2.34. The predicted octanol–water partition coefficient (Wildman–Crippen LogP) is 4.40. The molecule has 0 radical (unpaired) electrons. The standard InChI is InChI=1S/C17H26BrNO/c1-17(2)7-6-13(11-19)14(10-17)8-12-4-5-16(20-3)15(18)9-12/h4-5,9,13-14H,6-8,10-11,19H2,1-3H3. The van der Waals surface area contributed by atoms with Crippen molar-refractivity contribution in [3.05, 3.63) is 28.2 Å². The van der Waals surface area contributed by atoms with Crippen LogP contribution in [0.4, 0.5) is 0 Å². The Hall–Kier alpha value is -0.540. The largest absolute Gasteiger partial charge is 0.496 e. The number of halogens is 1. The van der Waals surface area contributed by atoms with Gasteiger partial charge in [-0.05, 0) is 83.1 Å². The van der Waals surface area contributed by atoms with Gasteiger partial charge in [-0.3, -0.25) is 0 Å². The Morgan fingerprint density at radius 3 is 2.70 bits per heavy atom. The molecule has 2 unspecified atom stereocenters. The van der Waals surface area contributed by atoms with E-state index in [1.165, 1.54) is 24.8 Å². The molecule has 1 saturated carbocycles. The lowest BCUT2D eigenvalue weighted by atomic mass is 9.65. The fraction of sp³-hybridized carbons (Fsp3) is 0.647. The van der Waals surface area contributed by atoms with Crippen molar-refractivity contribution in [3.8, 4) is 5.75 Å². The van der Waals surface area contributed by atoms with Crippen LogP contribution in [0.3, 0.4) is 0 Å². The highest BCUT2D eigenvalue weighted by atomic mass is 79.9. The zero-order valence-corrected chi connectivity index (χ0v) is 14.4. The van der Waals surface area contributed by atoms with E-state index in [0.29, 0.717) is 17.3 Å². The molecule has 0 aliphatic heterocycles. The van der Waals surface area contributed by atoms with Crippen molar-refractivity contribution in [1.29, 1.82) is 0 Å². The quantitative estimate of drug-likeness (QED) is 0.882. The second-order valence-corrected chi connectivity index (χ2v) is 7.69. The van der Waals surface area contributed by atoms with Gasteiger partial charge in [-0.1, -0.05) is 19.9 Å². The summed E-state index contributed by atoms with van der Waals surface area (Å²) >= 11 is 3.58. The molecule has 1 fully saturated rings. The van der Waals surface area contributed by atoms with Crippen molar-refractivity contribution in [2.24, 2.45) is 23.0 Å². The van der Waals surface area contributed by atoms with E-state index in [9.17, 15) is 0 Å². The molecule has 20 heavy (non-hydrogen) atoms. The second kappa shape index (κ2) is 6.48. The zero-order valence-electron chi connectivity index (χ0n) is 12.8. The smallest absolute Gasteiger partial charge is 0.133 e. The lowest BCUT2D eigenvalue weighted by molar-refractivity contribution is 0.121. The number of hydrogen-bond acceptors (Lipinski definition) is 2. The fourth-order valence-corrected chi connectivity index (χ4v) is 4.07. The maximum Gasteiger partial charge on any atom is 0.133 e. The number of rotatable bonds is 4. The van der Waals surface area contributed by atoms with E-state index in [-0.39, 0.29) is 0 Å². The molecule has 1 aliphatic carbocycles. The Morgan fingerprint density at radius 2 is 2.10 bits per heavy atom. The number of ether oxygens (including phenoxy) is 1. The van der Waals surface area contributed by atoms with Crippen LogP contribution in [0.2, 0.25) is 0 Å². The summed E-state index contributed by atoms with van der Waals surface area (Å²) in [5.41, 5.74) is 7.81. The first kappa shape index (κ1) is 15.8. The normalized spacial score (nSPS) is 25.4. The van der Waals surface area contributed by atoms with Gasteiger partial charge in [-0.15, -0.1) is 0 Å². The molecule has 0 amide bonds. The molecule has 0 saturated heterocycles. The number of nitrogens with two attached hydrogens (primary N) is 1. The van der Waals surface area contributed by atoms with E-state index in [0.717, 1.165) is 23.2 Å². The van der Waals surface area contributed by atoms with E-state index in [4.69, 9.17) is 10.5 Å². The van der Waals surface area contributed by atoms with Crippen LogP contribution in [0, 0.1) is 17.3 Å². The van der Waals surface area contributed by atoms with Crippen molar-refractivity contribution in [2.45, 2.75) is 39.5 Å². The summed E-state index contributed by atoms with van der Waals surface area (Å²) in [6.07, 6.45) is 4.97. The minimum absolute atomic E-state index is 0.458. The molecule has 0 spiro atoms. The van der Waals surface area contributed by atoms with Crippen LogP contribution in [0.15, 0.2) is 22.7 Å². The lowest BCUT2D eigenvalue weighted by Gasteiger charge is -2.40. The number of hydrogen-bond donors (Lipinski definition) is 1. The van der Waals surface area contributed by atoms with Gasteiger partial charge in [0.15, 0.2) is 0 Å². The molecule has 2 nitrogen and oxygen atoms in total. The van der Waals surface area contributed by atoms with Crippen LogP contribution in [0.1, 0.15) is 38.7 Å². The highest BCUT2D eigenvalue weighted by molar-refractivity contribution is 9.10. The molecule has 0 heterocycles. The Labute approximate surface area is 131 Å². The summed E-state index contributed by atoms with van der Waals surface area (Å²) in [5, 5.41) is 0. The molecule has 2 atom stereocenters. The zero-order chi connectivity index (χ0) is 14.8. The predicted molar refractivity (Wildman–Crippen MR) is 88.1 cm³/mol. The lowest BCUT2D eigenvalue weighted by Crippen LogP contribution is -2.35. The molecule has 2 rings (SSSR count). The number of methoxy groups -OCH3 is 1. The average molecular weight is 340 g/mol. The summed E-state index contributed by atoms with van der Waals surface area (Å²) in [6, 6.07) is 6.41. The fourth-order valence-electron chi connectivity index (χ4n) is 3.48. The summed E-state index contributed by atoms with van der Waals surface area (Å²) in [4.78, 5) is 0. The van der Waals surface area contributed by atoms with Gasteiger partial charge in [0, 0.05) is 0 Å². The van der Waals surface area contributed by atoms with Crippen LogP contribution in [-0.2, 0) is 6.42 Å². The topological polar surface area (TPSA) is 35.2 Å². The van der Waals surface area contributed by atoms with Gasteiger partial charge in [0.25, 0.3) is 0 Å². The molecule has 1 aromatic rings. The second-order valence-electron chi connectivity index (χ2n) is 6.84. The first-order chi connectivity index (χ1) is 9.45. The maximum absolute atomic E-state index is 5.98. The summed E-state index contributed by atoms with van der Waals surface area (Å²) in [5.74, 6) is 2.26. The molecule has 1 aromatic carbocycles. The van der Waals surface area contributed by atoms with E-state index < -0.39 is 0 Å². The minimum Gasteiger partial charge on any atom is -0.496 e. The van der Waals surface area contributed by atoms with Gasteiger partial charge in [0.1, 0.15) is 5.75 Å². The van der Waals surface area contributed by atoms with E-state index in [1.54, 1.807) is 7.11 Å². The molecule has 1 aliphatic rings. The molecular weight excluding hydrogens is 314 g/mol. The van der Waals surface area contributed by atoms with Gasteiger partial charge in [-0.2, -0.15) is 0 Å². The van der Waals surface area contributed by atoms with Crippen LogP contribution in [0.25, 0.3) is 0 Å². The Balaban J connectivity index is 2.12. The number of benzene rings is 1. The van der Waals surface area contributed by atoms with E-state index in [1.807, 2.05) is 6.07 Å². The molecule has 0 aromatic heterocycles. The Kier molecular flexibility index (Phi) is 5.14. The van der Waals surface area contributed by atoms with E-state index in [2.05, 4.69) is 41.9 Å². The summed E-state index contributed by atoms with van der Waals surface area (Å²) in [7, 11) is 1.70. The average Bonchev–Trinajstić information content (AvgIpc) is 2.38. The third kappa shape index (κ3) is 3.76. The van der Waals surface area contributed by atoms with E-state index >= 15 is 0 Å². The third-order valence-electron chi connectivity index (χ3n) is 4.69. The SMILES string of the molecule is COc1ccc(CC2CC(C)(C)CCC2CN)cc1Br. The van der Waals surface area contributed by atoms with Crippen LogP contribution < -0.4 is 10.5 Å². The van der Waals surface area contributed by atoms with Crippen molar-refractivity contribution in [1.82, 2.24) is 0 Å². The van der Waals surface area contributed by atoms with Gasteiger partial charge >= 0.3 is 0 Å². The van der Waals surface area contributed by atoms with Crippen molar-refractivity contribution in [2.75, 3.05) is 13.7 Å². The Morgan fingerprint density at radius 1 is 1.35 bits per heavy atom. The third-order valence-corrected chi connectivity index (χ3v) is 5.31. The van der Waals surface area contributed by atoms with Crippen LogP contribution in [-0.4, -0.2) is 13.7 Å². The van der Waals surface area contributed by atoms with Gasteiger partial charge < -0.3 is 10.5 Å². The monoisotopic (exact) mass is 339 g/mol. The first-order valence-corrected chi connectivity index (χ1v) is 8.27. The summed E-state index contributed by atoms with van der Waals surface area (Å²) in [6.45, 7) is 5.59.